The van der Waals surface area contributed by atoms with Crippen LogP contribution < -0.4 is 15.2 Å². The molecule has 0 saturated carbocycles. The largest absolute Gasteiger partial charge is 0.467 e. The van der Waals surface area contributed by atoms with E-state index in [-0.39, 0.29) is 21.3 Å². The number of benzene rings is 2. The molecule has 0 unspecified atom stereocenters. The fraction of sp³-hybridized carbons (Fsp3) is 0.111. The van der Waals surface area contributed by atoms with E-state index in [4.69, 9.17) is 21.5 Å². The van der Waals surface area contributed by atoms with E-state index in [9.17, 15) is 26.4 Å². The van der Waals surface area contributed by atoms with E-state index in [1.165, 1.54) is 42.5 Å². The van der Waals surface area contributed by atoms with Gasteiger partial charge in [0.15, 0.2) is 12.3 Å². The molecule has 0 spiro atoms. The molecule has 3 aromatic rings. The molecule has 13 heteroatoms. The van der Waals surface area contributed by atoms with Crippen molar-refractivity contribution in [3.63, 3.8) is 0 Å². The Kier molecular flexibility index (Phi) is 6.25. The first-order valence-corrected chi connectivity index (χ1v) is 10.4. The molecule has 31 heavy (non-hydrogen) atoms. The van der Waals surface area contributed by atoms with Gasteiger partial charge >= 0.3 is 6.18 Å². The molecule has 0 aliphatic heterocycles. The van der Waals surface area contributed by atoms with Gasteiger partial charge in [-0.25, -0.2) is 13.6 Å². The van der Waals surface area contributed by atoms with Crippen molar-refractivity contribution in [3.05, 3.63) is 65.3 Å². The fourth-order valence-corrected chi connectivity index (χ4v) is 3.45. The number of ether oxygens (including phenoxy) is 1. The van der Waals surface area contributed by atoms with Crippen LogP contribution in [0, 0.1) is 0 Å². The Labute approximate surface area is 179 Å². The molecule has 0 radical (unpaired) electrons. The van der Waals surface area contributed by atoms with Gasteiger partial charge in [-0.1, -0.05) is 35.9 Å². The summed E-state index contributed by atoms with van der Waals surface area (Å²) in [5.74, 6) is -1.23. The number of para-hydroxylation sites is 2. The Balaban J connectivity index is 1.84. The monoisotopic (exact) mass is 474 g/mol. The van der Waals surface area contributed by atoms with Gasteiger partial charge in [-0.05, 0) is 24.3 Å². The number of carbonyl (C=O) groups is 1. The Hall–Kier alpha value is -3.09. The lowest BCUT2D eigenvalue weighted by Crippen LogP contribution is -2.23. The number of alkyl halides is 3. The number of rotatable bonds is 6. The molecule has 1 amide bonds. The molecule has 1 heterocycles. The second-order valence-electron chi connectivity index (χ2n) is 6.11. The third-order valence-electron chi connectivity index (χ3n) is 3.87. The third-order valence-corrected chi connectivity index (χ3v) is 5.16. The van der Waals surface area contributed by atoms with E-state index in [0.29, 0.717) is 6.07 Å². The maximum absolute atomic E-state index is 13.1. The van der Waals surface area contributed by atoms with Crippen LogP contribution in [-0.2, 0) is 21.0 Å². The summed E-state index contributed by atoms with van der Waals surface area (Å²) >= 11 is 6.04. The first kappa shape index (κ1) is 22.6. The molecule has 0 bridgehead atoms. The average molecular weight is 475 g/mol. The van der Waals surface area contributed by atoms with Crippen molar-refractivity contribution in [2.45, 2.75) is 11.1 Å². The second-order valence-corrected chi connectivity index (χ2v) is 8.04. The molecule has 0 atom stereocenters. The summed E-state index contributed by atoms with van der Waals surface area (Å²) in [6.45, 7) is -0.744. The van der Waals surface area contributed by atoms with Crippen molar-refractivity contribution in [1.29, 1.82) is 0 Å². The van der Waals surface area contributed by atoms with Gasteiger partial charge in [-0.15, -0.1) is 0 Å². The number of aromatic nitrogens is 2. The lowest BCUT2D eigenvalue weighted by atomic mass is 10.3. The van der Waals surface area contributed by atoms with Gasteiger partial charge in [0.25, 0.3) is 5.91 Å². The van der Waals surface area contributed by atoms with E-state index in [0.717, 1.165) is 4.68 Å². The molecule has 1 aromatic heterocycles. The second kappa shape index (κ2) is 8.57. The third kappa shape index (κ3) is 5.34. The number of sulfonamides is 1. The van der Waals surface area contributed by atoms with Crippen molar-refractivity contribution >= 4 is 33.2 Å². The zero-order valence-corrected chi connectivity index (χ0v) is 17.0. The molecule has 3 N–H and O–H groups in total. The van der Waals surface area contributed by atoms with Crippen molar-refractivity contribution in [3.8, 4) is 11.6 Å². The molecular formula is C18H14ClF3N4O4S. The molecule has 2 aromatic carbocycles. The summed E-state index contributed by atoms with van der Waals surface area (Å²) in [5, 5.41) is 11.0. The van der Waals surface area contributed by atoms with E-state index in [2.05, 4.69) is 10.4 Å². The minimum atomic E-state index is -4.76. The average Bonchev–Trinajstić information content (AvgIpc) is 3.11. The highest BCUT2D eigenvalue weighted by atomic mass is 35.5. The predicted molar refractivity (Wildman–Crippen MR) is 106 cm³/mol. The van der Waals surface area contributed by atoms with Crippen LogP contribution in [0.25, 0.3) is 5.69 Å². The number of primary sulfonamides is 1. The number of nitrogens with zero attached hydrogens (tertiary/aromatic N) is 2. The maximum Gasteiger partial charge on any atom is 0.435 e. The molecule has 0 saturated heterocycles. The lowest BCUT2D eigenvalue weighted by molar-refractivity contribution is -0.141. The van der Waals surface area contributed by atoms with Crippen LogP contribution in [0.4, 0.5) is 18.9 Å². The maximum atomic E-state index is 13.1. The normalized spacial score (nSPS) is 11.9. The van der Waals surface area contributed by atoms with Crippen LogP contribution in [0.2, 0.25) is 5.02 Å². The van der Waals surface area contributed by atoms with Gasteiger partial charge in [0.1, 0.15) is 4.90 Å². The Bertz CT molecular complexity index is 1230. The highest BCUT2D eigenvalue weighted by Crippen LogP contribution is 2.33. The highest BCUT2D eigenvalue weighted by molar-refractivity contribution is 7.89. The first-order chi connectivity index (χ1) is 14.5. The standard InChI is InChI=1S/C18H14ClF3N4O4S/c19-11-5-1-3-7-13(11)26-17(9-15(25-26)18(20,21)22)30-10-16(27)24-12-6-2-4-8-14(12)31(23,28)29/h1-9H,10H2,(H,24,27)(H2,23,28,29). The van der Waals surface area contributed by atoms with Crippen molar-refractivity contribution in [1.82, 2.24) is 9.78 Å². The van der Waals surface area contributed by atoms with Crippen LogP contribution >= 0.6 is 11.6 Å². The van der Waals surface area contributed by atoms with Crippen molar-refractivity contribution in [2.75, 3.05) is 11.9 Å². The Morgan fingerprint density at radius 3 is 2.45 bits per heavy atom. The minimum absolute atomic E-state index is 0.103. The topological polar surface area (TPSA) is 116 Å². The minimum Gasteiger partial charge on any atom is -0.467 e. The van der Waals surface area contributed by atoms with Crippen LogP contribution in [0.15, 0.2) is 59.5 Å². The predicted octanol–water partition coefficient (Wildman–Crippen LogP) is 3.21. The summed E-state index contributed by atoms with van der Waals surface area (Å²) in [7, 11) is -4.12. The molecule has 0 aliphatic rings. The van der Waals surface area contributed by atoms with Crippen LogP contribution in [-0.4, -0.2) is 30.7 Å². The van der Waals surface area contributed by atoms with Gasteiger partial charge in [0.05, 0.1) is 16.4 Å². The summed E-state index contributed by atoms with van der Waals surface area (Å²) < 4.78 is 68.6. The van der Waals surface area contributed by atoms with Gasteiger partial charge < -0.3 is 10.1 Å². The van der Waals surface area contributed by atoms with Gasteiger partial charge in [0, 0.05) is 6.07 Å². The quantitative estimate of drug-likeness (QED) is 0.569. The number of anilines is 1. The van der Waals surface area contributed by atoms with Gasteiger partial charge in [0.2, 0.25) is 15.9 Å². The number of amides is 1. The van der Waals surface area contributed by atoms with Gasteiger partial charge in [-0.2, -0.15) is 23.0 Å². The van der Waals surface area contributed by atoms with Gasteiger partial charge in [-0.3, -0.25) is 4.79 Å². The first-order valence-electron chi connectivity index (χ1n) is 8.43. The lowest BCUT2D eigenvalue weighted by Gasteiger charge is -2.12. The van der Waals surface area contributed by atoms with E-state index in [1.54, 1.807) is 6.07 Å². The molecule has 0 aliphatic carbocycles. The smallest absolute Gasteiger partial charge is 0.435 e. The summed E-state index contributed by atoms with van der Waals surface area (Å²) in [6.07, 6.45) is -4.76. The highest BCUT2D eigenvalue weighted by Gasteiger charge is 2.36. The zero-order chi connectivity index (χ0) is 22.8. The number of halogens is 4. The molecule has 0 fully saturated rings. The number of nitrogens with one attached hydrogen (secondary N) is 1. The number of carbonyl (C=O) groups excluding carboxylic acids is 1. The number of nitrogens with two attached hydrogens (primary N) is 1. The van der Waals surface area contributed by atoms with Crippen molar-refractivity contribution in [2.24, 2.45) is 5.14 Å². The summed E-state index contributed by atoms with van der Waals surface area (Å²) in [4.78, 5) is 11.9. The van der Waals surface area contributed by atoms with Crippen LogP contribution in [0.5, 0.6) is 5.88 Å². The Morgan fingerprint density at radius 1 is 1.16 bits per heavy atom. The van der Waals surface area contributed by atoms with Crippen LogP contribution in [0.3, 0.4) is 0 Å². The van der Waals surface area contributed by atoms with Crippen molar-refractivity contribution < 1.29 is 31.1 Å². The SMILES string of the molecule is NS(=O)(=O)c1ccccc1NC(=O)COc1cc(C(F)(F)F)nn1-c1ccccc1Cl. The zero-order valence-electron chi connectivity index (χ0n) is 15.4. The van der Waals surface area contributed by atoms with E-state index in [1.807, 2.05) is 0 Å². The molecule has 164 valence electrons. The number of hydrogen-bond donors (Lipinski definition) is 2. The Morgan fingerprint density at radius 2 is 1.81 bits per heavy atom. The summed E-state index contributed by atoms with van der Waals surface area (Å²) in [5.41, 5.74) is -1.24. The van der Waals surface area contributed by atoms with E-state index < -0.39 is 40.3 Å². The van der Waals surface area contributed by atoms with Crippen LogP contribution in [0.1, 0.15) is 5.69 Å². The molecule has 8 nitrogen and oxygen atoms in total. The number of hydrogen-bond acceptors (Lipinski definition) is 5. The fourth-order valence-electron chi connectivity index (χ4n) is 2.55. The summed E-state index contributed by atoms with van der Waals surface area (Å²) in [6, 6.07) is 12.0. The molecule has 3 rings (SSSR count). The molecular weight excluding hydrogens is 461 g/mol. The van der Waals surface area contributed by atoms with E-state index >= 15 is 0 Å².